The molecule has 2 rings (SSSR count). The van der Waals surface area contributed by atoms with Gasteiger partial charge in [0.15, 0.2) is 5.13 Å². The maximum Gasteiger partial charge on any atom is 0.185 e. The molecule has 4 nitrogen and oxygen atoms in total. The van der Waals surface area contributed by atoms with Crippen LogP contribution in [0.15, 0.2) is 29.0 Å². The fourth-order valence-corrected chi connectivity index (χ4v) is 2.94. The summed E-state index contributed by atoms with van der Waals surface area (Å²) >= 11 is 1.75. The largest absolute Gasteiger partial charge is 0.467 e. The smallest absolute Gasteiger partial charge is 0.185 e. The predicted molar refractivity (Wildman–Crippen MR) is 79.6 cm³/mol. The molecule has 2 aromatic heterocycles. The van der Waals surface area contributed by atoms with Crippen molar-refractivity contribution in [1.29, 1.82) is 0 Å². The van der Waals surface area contributed by atoms with Crippen LogP contribution in [0.25, 0.3) is 0 Å². The number of hydrogen-bond acceptors (Lipinski definition) is 5. The number of nitrogens with one attached hydrogen (secondary N) is 1. The Labute approximate surface area is 118 Å². The van der Waals surface area contributed by atoms with E-state index in [2.05, 4.69) is 36.0 Å². The van der Waals surface area contributed by atoms with Crippen LogP contribution in [0.1, 0.15) is 37.5 Å². The number of thiazole rings is 1. The van der Waals surface area contributed by atoms with Gasteiger partial charge in [-0.1, -0.05) is 6.92 Å². The Morgan fingerprint density at radius 2 is 2.32 bits per heavy atom. The minimum Gasteiger partial charge on any atom is -0.467 e. The summed E-state index contributed by atoms with van der Waals surface area (Å²) in [6.07, 6.45) is 3.68. The van der Waals surface area contributed by atoms with Gasteiger partial charge in [-0.2, -0.15) is 0 Å². The summed E-state index contributed by atoms with van der Waals surface area (Å²) in [7, 11) is 0. The first-order chi connectivity index (χ1) is 9.24. The van der Waals surface area contributed by atoms with Gasteiger partial charge in [-0.3, -0.25) is 0 Å². The molecular weight excluding hydrogens is 258 g/mol. The molecule has 19 heavy (non-hydrogen) atoms. The zero-order chi connectivity index (χ0) is 13.7. The number of hydrogen-bond donors (Lipinski definition) is 1. The molecule has 0 saturated carbocycles. The van der Waals surface area contributed by atoms with E-state index in [0.717, 1.165) is 30.5 Å². The molecule has 1 unspecified atom stereocenters. The van der Waals surface area contributed by atoms with Crippen molar-refractivity contribution in [3.63, 3.8) is 0 Å². The average Bonchev–Trinajstić information content (AvgIpc) is 3.07. The standard InChI is InChI=1S/C14H21N3OS/c1-4-15-11(3)13-9-16-14(19-13)17(5-2)10-12-7-6-8-18-12/h6-9,11,15H,4-5,10H2,1-3H3. The van der Waals surface area contributed by atoms with Crippen LogP contribution < -0.4 is 10.2 Å². The molecule has 0 aromatic carbocycles. The highest BCUT2D eigenvalue weighted by atomic mass is 32.1. The first-order valence-corrected chi connectivity index (χ1v) is 7.52. The van der Waals surface area contributed by atoms with Crippen molar-refractivity contribution >= 4 is 16.5 Å². The second-order valence-electron chi connectivity index (χ2n) is 4.42. The van der Waals surface area contributed by atoms with Crippen molar-refractivity contribution in [2.45, 2.75) is 33.4 Å². The summed E-state index contributed by atoms with van der Waals surface area (Å²) in [6.45, 7) is 9.09. The topological polar surface area (TPSA) is 41.3 Å². The molecule has 0 amide bonds. The van der Waals surface area contributed by atoms with Gasteiger partial charge in [0.1, 0.15) is 5.76 Å². The lowest BCUT2D eigenvalue weighted by Crippen LogP contribution is -2.21. The van der Waals surface area contributed by atoms with Crippen molar-refractivity contribution < 1.29 is 4.42 Å². The molecule has 2 heterocycles. The van der Waals surface area contributed by atoms with Gasteiger partial charge in [0, 0.05) is 23.7 Å². The lowest BCUT2D eigenvalue weighted by Gasteiger charge is -2.18. The summed E-state index contributed by atoms with van der Waals surface area (Å²) in [4.78, 5) is 8.03. The molecule has 0 fully saturated rings. The average molecular weight is 279 g/mol. The Balaban J connectivity index is 2.06. The van der Waals surface area contributed by atoms with E-state index >= 15 is 0 Å². The van der Waals surface area contributed by atoms with Gasteiger partial charge in [-0.25, -0.2) is 4.98 Å². The lowest BCUT2D eigenvalue weighted by molar-refractivity contribution is 0.503. The van der Waals surface area contributed by atoms with E-state index in [4.69, 9.17) is 4.42 Å². The van der Waals surface area contributed by atoms with E-state index in [1.165, 1.54) is 4.88 Å². The van der Waals surface area contributed by atoms with Crippen LogP contribution in [0.4, 0.5) is 5.13 Å². The van der Waals surface area contributed by atoms with Crippen molar-refractivity contribution in [3.8, 4) is 0 Å². The summed E-state index contributed by atoms with van der Waals surface area (Å²) in [6, 6.07) is 4.28. The number of furan rings is 1. The van der Waals surface area contributed by atoms with E-state index in [1.807, 2.05) is 18.3 Å². The van der Waals surface area contributed by atoms with Gasteiger partial charge in [-0.15, -0.1) is 11.3 Å². The first-order valence-electron chi connectivity index (χ1n) is 6.71. The van der Waals surface area contributed by atoms with Gasteiger partial charge in [0.2, 0.25) is 0 Å². The zero-order valence-corrected chi connectivity index (χ0v) is 12.5. The van der Waals surface area contributed by atoms with Crippen LogP contribution in [0.2, 0.25) is 0 Å². The Morgan fingerprint density at radius 3 is 2.95 bits per heavy atom. The molecule has 5 heteroatoms. The minimum atomic E-state index is 0.360. The molecule has 1 atom stereocenters. The molecule has 0 radical (unpaired) electrons. The molecular formula is C14H21N3OS. The second-order valence-corrected chi connectivity index (χ2v) is 5.46. The van der Waals surface area contributed by atoms with Crippen LogP contribution in [0.3, 0.4) is 0 Å². The normalized spacial score (nSPS) is 12.6. The number of rotatable bonds is 7. The Bertz CT molecular complexity index is 481. The van der Waals surface area contributed by atoms with Crippen LogP contribution in [-0.4, -0.2) is 18.1 Å². The van der Waals surface area contributed by atoms with Crippen molar-refractivity contribution in [3.05, 3.63) is 35.2 Å². The maximum atomic E-state index is 5.40. The molecule has 0 spiro atoms. The molecule has 1 N–H and O–H groups in total. The van der Waals surface area contributed by atoms with Crippen LogP contribution in [-0.2, 0) is 6.54 Å². The molecule has 0 aliphatic heterocycles. The van der Waals surface area contributed by atoms with Gasteiger partial charge in [0.25, 0.3) is 0 Å². The van der Waals surface area contributed by atoms with E-state index in [-0.39, 0.29) is 0 Å². The van der Waals surface area contributed by atoms with Gasteiger partial charge < -0.3 is 14.6 Å². The second kappa shape index (κ2) is 6.73. The Kier molecular flexibility index (Phi) is 4.99. The molecule has 0 bridgehead atoms. The monoisotopic (exact) mass is 279 g/mol. The Hall–Kier alpha value is -1.33. The Morgan fingerprint density at radius 1 is 1.47 bits per heavy atom. The first kappa shape index (κ1) is 14.1. The minimum absolute atomic E-state index is 0.360. The summed E-state index contributed by atoms with van der Waals surface area (Å²) in [5.74, 6) is 0.971. The molecule has 0 aliphatic carbocycles. The molecule has 0 aliphatic rings. The summed E-state index contributed by atoms with van der Waals surface area (Å²) in [5, 5.41) is 4.47. The summed E-state index contributed by atoms with van der Waals surface area (Å²) < 4.78 is 5.40. The number of anilines is 1. The highest BCUT2D eigenvalue weighted by molar-refractivity contribution is 7.15. The third-order valence-electron chi connectivity index (χ3n) is 3.03. The van der Waals surface area contributed by atoms with Gasteiger partial charge in [0.05, 0.1) is 12.8 Å². The fourth-order valence-electron chi connectivity index (χ4n) is 1.94. The van der Waals surface area contributed by atoms with E-state index < -0.39 is 0 Å². The third-order valence-corrected chi connectivity index (χ3v) is 4.27. The van der Waals surface area contributed by atoms with Crippen molar-refractivity contribution in [2.24, 2.45) is 0 Å². The van der Waals surface area contributed by atoms with Crippen LogP contribution >= 0.6 is 11.3 Å². The molecule has 104 valence electrons. The molecule has 0 saturated heterocycles. The molecule has 2 aromatic rings. The lowest BCUT2D eigenvalue weighted by atomic mass is 10.3. The fraction of sp³-hybridized carbons (Fsp3) is 0.500. The maximum absolute atomic E-state index is 5.40. The highest BCUT2D eigenvalue weighted by Gasteiger charge is 2.14. The third kappa shape index (κ3) is 3.58. The van der Waals surface area contributed by atoms with Crippen molar-refractivity contribution in [2.75, 3.05) is 18.0 Å². The van der Waals surface area contributed by atoms with E-state index in [1.54, 1.807) is 17.6 Å². The highest BCUT2D eigenvalue weighted by Crippen LogP contribution is 2.28. The quantitative estimate of drug-likeness (QED) is 0.843. The zero-order valence-electron chi connectivity index (χ0n) is 11.7. The summed E-state index contributed by atoms with van der Waals surface area (Å²) in [5.41, 5.74) is 0. The van der Waals surface area contributed by atoms with E-state index in [9.17, 15) is 0 Å². The predicted octanol–water partition coefficient (Wildman–Crippen LogP) is 3.43. The van der Waals surface area contributed by atoms with E-state index in [0.29, 0.717) is 6.04 Å². The van der Waals surface area contributed by atoms with Crippen LogP contribution in [0.5, 0.6) is 0 Å². The van der Waals surface area contributed by atoms with Gasteiger partial charge in [-0.05, 0) is 32.5 Å². The van der Waals surface area contributed by atoms with Crippen LogP contribution in [0, 0.1) is 0 Å². The van der Waals surface area contributed by atoms with Gasteiger partial charge >= 0.3 is 0 Å². The number of nitrogens with zero attached hydrogens (tertiary/aromatic N) is 2. The number of aromatic nitrogens is 1. The van der Waals surface area contributed by atoms with Crippen molar-refractivity contribution in [1.82, 2.24) is 10.3 Å². The SMILES string of the molecule is CCNC(C)c1cnc(N(CC)Cc2ccco2)s1.